The van der Waals surface area contributed by atoms with Gasteiger partial charge in [-0.3, -0.25) is 4.79 Å². The lowest BCUT2D eigenvalue weighted by molar-refractivity contribution is 0.0752. The molecule has 1 saturated heterocycles. The van der Waals surface area contributed by atoms with Crippen LogP contribution in [0.3, 0.4) is 0 Å². The van der Waals surface area contributed by atoms with E-state index in [0.717, 1.165) is 30.9 Å². The Labute approximate surface area is 120 Å². The third-order valence-corrected chi connectivity index (χ3v) is 4.60. The van der Waals surface area contributed by atoms with E-state index in [2.05, 4.69) is 18.7 Å². The standard InChI is InChI=1S/C17H23NO2/c1-12-8-15-16(9-13(12)2)20-11-14(17(15)19)10-18-6-4-3-5-7-18/h8-9,14H,3-7,10-11H2,1-2H3. The normalized spacial score (nSPS) is 23.3. The van der Waals surface area contributed by atoms with Crippen molar-refractivity contribution in [3.63, 3.8) is 0 Å². The number of ether oxygens (including phenoxy) is 1. The van der Waals surface area contributed by atoms with Crippen molar-refractivity contribution in [3.05, 3.63) is 28.8 Å². The van der Waals surface area contributed by atoms with E-state index in [0.29, 0.717) is 6.61 Å². The number of nitrogens with zero attached hydrogens (tertiary/aromatic N) is 1. The molecule has 0 saturated carbocycles. The second kappa shape index (κ2) is 5.57. The zero-order chi connectivity index (χ0) is 14.1. The molecule has 1 unspecified atom stereocenters. The summed E-state index contributed by atoms with van der Waals surface area (Å²) >= 11 is 0. The van der Waals surface area contributed by atoms with E-state index in [4.69, 9.17) is 4.74 Å². The maximum Gasteiger partial charge on any atom is 0.174 e. The van der Waals surface area contributed by atoms with Crippen molar-refractivity contribution in [3.8, 4) is 5.75 Å². The fourth-order valence-electron chi connectivity index (χ4n) is 3.18. The van der Waals surface area contributed by atoms with Crippen LogP contribution in [0.15, 0.2) is 12.1 Å². The first kappa shape index (κ1) is 13.6. The van der Waals surface area contributed by atoms with E-state index >= 15 is 0 Å². The van der Waals surface area contributed by atoms with Crippen LogP contribution < -0.4 is 4.74 Å². The van der Waals surface area contributed by atoms with E-state index in [1.807, 2.05) is 12.1 Å². The van der Waals surface area contributed by atoms with Gasteiger partial charge in [0.1, 0.15) is 5.75 Å². The Balaban J connectivity index is 1.76. The summed E-state index contributed by atoms with van der Waals surface area (Å²) in [6, 6.07) is 4.00. The van der Waals surface area contributed by atoms with Crippen LogP contribution in [-0.4, -0.2) is 36.9 Å². The minimum Gasteiger partial charge on any atom is -0.492 e. The summed E-state index contributed by atoms with van der Waals surface area (Å²) < 4.78 is 5.84. The van der Waals surface area contributed by atoms with Gasteiger partial charge in [-0.2, -0.15) is 0 Å². The topological polar surface area (TPSA) is 29.5 Å². The predicted molar refractivity (Wildman–Crippen MR) is 79.5 cm³/mol. The van der Waals surface area contributed by atoms with Gasteiger partial charge in [0.15, 0.2) is 5.78 Å². The second-order valence-electron chi connectivity index (χ2n) is 6.17. The molecule has 0 aromatic heterocycles. The van der Waals surface area contributed by atoms with E-state index in [1.54, 1.807) is 0 Å². The van der Waals surface area contributed by atoms with Crippen molar-refractivity contribution in [2.75, 3.05) is 26.2 Å². The predicted octanol–water partition coefficient (Wildman–Crippen LogP) is 2.98. The molecular formula is C17H23NO2. The quantitative estimate of drug-likeness (QED) is 0.829. The third kappa shape index (κ3) is 2.59. The molecule has 3 rings (SSSR count). The number of fused-ring (bicyclic) bond motifs is 1. The molecule has 1 aromatic rings. The lowest BCUT2D eigenvalue weighted by Crippen LogP contribution is -2.41. The maximum absolute atomic E-state index is 12.6. The Hall–Kier alpha value is -1.35. The van der Waals surface area contributed by atoms with Gasteiger partial charge in [0.2, 0.25) is 0 Å². The minimum absolute atomic E-state index is 0.00251. The van der Waals surface area contributed by atoms with Crippen LogP contribution in [0.4, 0.5) is 0 Å². The maximum atomic E-state index is 12.6. The van der Waals surface area contributed by atoms with Crippen molar-refractivity contribution in [2.24, 2.45) is 5.92 Å². The van der Waals surface area contributed by atoms with Crippen LogP contribution in [0, 0.1) is 19.8 Å². The van der Waals surface area contributed by atoms with Crippen LogP contribution in [0.2, 0.25) is 0 Å². The lowest BCUT2D eigenvalue weighted by Gasteiger charge is -2.32. The Bertz CT molecular complexity index is 518. The molecule has 3 nitrogen and oxygen atoms in total. The Morgan fingerprint density at radius 2 is 1.85 bits per heavy atom. The molecule has 0 amide bonds. The number of likely N-dealkylation sites (tertiary alicyclic amines) is 1. The molecule has 20 heavy (non-hydrogen) atoms. The summed E-state index contributed by atoms with van der Waals surface area (Å²) in [5.74, 6) is 1.04. The highest BCUT2D eigenvalue weighted by Gasteiger charge is 2.31. The summed E-state index contributed by atoms with van der Waals surface area (Å²) in [5, 5.41) is 0. The molecule has 0 bridgehead atoms. The summed E-state index contributed by atoms with van der Waals surface area (Å²) in [6.07, 6.45) is 3.85. The molecule has 2 heterocycles. The van der Waals surface area contributed by atoms with Gasteiger partial charge in [0.05, 0.1) is 18.1 Å². The van der Waals surface area contributed by atoms with Crippen LogP contribution in [0.5, 0.6) is 5.75 Å². The van der Waals surface area contributed by atoms with E-state index in [9.17, 15) is 4.79 Å². The molecule has 0 spiro atoms. The number of aryl methyl sites for hydroxylation is 2. The number of hydrogen-bond donors (Lipinski definition) is 0. The van der Waals surface area contributed by atoms with Gasteiger partial charge in [0, 0.05) is 6.54 Å². The second-order valence-corrected chi connectivity index (χ2v) is 6.17. The lowest BCUT2D eigenvalue weighted by atomic mass is 9.91. The number of benzene rings is 1. The first-order valence-corrected chi connectivity index (χ1v) is 7.66. The van der Waals surface area contributed by atoms with Crippen molar-refractivity contribution >= 4 is 5.78 Å². The van der Waals surface area contributed by atoms with Crippen LogP contribution >= 0.6 is 0 Å². The smallest absolute Gasteiger partial charge is 0.174 e. The molecule has 2 aliphatic heterocycles. The van der Waals surface area contributed by atoms with Gasteiger partial charge < -0.3 is 9.64 Å². The Morgan fingerprint density at radius 3 is 2.60 bits per heavy atom. The van der Waals surface area contributed by atoms with Gasteiger partial charge in [-0.15, -0.1) is 0 Å². The van der Waals surface area contributed by atoms with Crippen LogP contribution in [0.1, 0.15) is 40.7 Å². The number of piperidine rings is 1. The van der Waals surface area contributed by atoms with Crippen LogP contribution in [-0.2, 0) is 0 Å². The number of ketones is 1. The molecule has 1 fully saturated rings. The minimum atomic E-state index is 0.00251. The van der Waals surface area contributed by atoms with Gasteiger partial charge in [0.25, 0.3) is 0 Å². The summed E-state index contributed by atoms with van der Waals surface area (Å²) in [7, 11) is 0. The molecular weight excluding hydrogens is 250 g/mol. The van der Waals surface area contributed by atoms with E-state index in [1.165, 1.54) is 30.4 Å². The Morgan fingerprint density at radius 1 is 1.15 bits per heavy atom. The molecule has 0 radical (unpaired) electrons. The van der Waals surface area contributed by atoms with E-state index in [-0.39, 0.29) is 11.7 Å². The number of Topliss-reactive ketones (excluding diaryl/α,β-unsaturated/α-hetero) is 1. The van der Waals surface area contributed by atoms with Crippen molar-refractivity contribution < 1.29 is 9.53 Å². The summed E-state index contributed by atoms with van der Waals surface area (Å²) in [4.78, 5) is 15.1. The fraction of sp³-hybridized carbons (Fsp3) is 0.588. The van der Waals surface area contributed by atoms with Gasteiger partial charge in [-0.25, -0.2) is 0 Å². The zero-order valence-electron chi connectivity index (χ0n) is 12.4. The SMILES string of the molecule is Cc1cc2c(cc1C)C(=O)C(CN1CCCCC1)CO2. The van der Waals surface area contributed by atoms with Gasteiger partial charge in [-0.05, 0) is 63.0 Å². The number of carbonyl (C=O) groups excluding carboxylic acids is 1. The van der Waals surface area contributed by atoms with Gasteiger partial charge in [-0.1, -0.05) is 6.42 Å². The first-order valence-electron chi connectivity index (χ1n) is 7.66. The highest BCUT2D eigenvalue weighted by atomic mass is 16.5. The summed E-state index contributed by atoms with van der Waals surface area (Å²) in [6.45, 7) is 7.75. The third-order valence-electron chi connectivity index (χ3n) is 4.60. The number of rotatable bonds is 2. The molecule has 0 aliphatic carbocycles. The molecule has 1 atom stereocenters. The fourth-order valence-corrected chi connectivity index (χ4v) is 3.18. The highest BCUT2D eigenvalue weighted by molar-refractivity contribution is 6.01. The molecule has 3 heteroatoms. The van der Waals surface area contributed by atoms with Crippen molar-refractivity contribution in [2.45, 2.75) is 33.1 Å². The first-order chi connectivity index (χ1) is 9.65. The zero-order valence-corrected chi connectivity index (χ0v) is 12.4. The molecule has 2 aliphatic rings. The average molecular weight is 273 g/mol. The number of hydrogen-bond acceptors (Lipinski definition) is 3. The van der Waals surface area contributed by atoms with Crippen molar-refractivity contribution in [1.29, 1.82) is 0 Å². The Kier molecular flexibility index (Phi) is 3.79. The van der Waals surface area contributed by atoms with E-state index < -0.39 is 0 Å². The average Bonchev–Trinajstić information content (AvgIpc) is 2.46. The molecule has 0 N–H and O–H groups in total. The highest BCUT2D eigenvalue weighted by Crippen LogP contribution is 2.30. The monoisotopic (exact) mass is 273 g/mol. The van der Waals surface area contributed by atoms with Gasteiger partial charge >= 0.3 is 0 Å². The summed E-state index contributed by atoms with van der Waals surface area (Å²) in [5.41, 5.74) is 3.13. The largest absolute Gasteiger partial charge is 0.492 e. The molecule has 1 aromatic carbocycles. The van der Waals surface area contributed by atoms with Crippen LogP contribution in [0.25, 0.3) is 0 Å². The van der Waals surface area contributed by atoms with Crippen molar-refractivity contribution in [1.82, 2.24) is 4.90 Å². The number of carbonyl (C=O) groups is 1. The molecule has 108 valence electrons.